The van der Waals surface area contributed by atoms with Gasteiger partial charge in [0.25, 0.3) is 0 Å². The third-order valence-electron chi connectivity index (χ3n) is 11.3. The number of hydrogen-bond donors (Lipinski definition) is 0. The molecule has 2 nitrogen and oxygen atoms in total. The van der Waals surface area contributed by atoms with Gasteiger partial charge in [-0.25, -0.2) is 0 Å². The molecule has 60 heavy (non-hydrogen) atoms. The standard InChI is InChI=1S/C58H39NO/c1-3-12-40(13-4-1)42-24-26-43(27-25-42)44-28-33-50(34-29-44)59(51-35-30-45(31-36-51)48-18-9-17-47(38-48)41-14-5-2-6-15-41)52-20-10-19-49(39-52)53-22-11-23-56-57(53)55-37-32-46-16-7-8-21-54(46)58(55)60-56/h1-39H/i28D,29D,33D,34D. The molecule has 0 unspecified atom stereocenters. The van der Waals surface area contributed by atoms with Gasteiger partial charge in [0.05, 0.1) is 5.48 Å². The van der Waals surface area contributed by atoms with Crippen molar-refractivity contribution in [3.05, 3.63) is 236 Å². The van der Waals surface area contributed by atoms with E-state index in [4.69, 9.17) is 4.42 Å². The molecule has 0 radical (unpaired) electrons. The van der Waals surface area contributed by atoms with E-state index in [-0.39, 0.29) is 35.4 Å². The summed E-state index contributed by atoms with van der Waals surface area (Å²) in [4.78, 5) is 1.86. The SMILES string of the molecule is [2H]c1c([2H])c(N(c2ccc(-c3cccc(-c4ccccc4)c3)cc2)c2cccc(-c3cccc4oc5c6ccccc6ccc5c34)c2)c([2H])c([2H])c1-c1ccc(-c2ccccc2)cc1. The Morgan fingerprint density at radius 2 is 0.883 bits per heavy atom. The van der Waals surface area contributed by atoms with Gasteiger partial charge in [0.1, 0.15) is 11.2 Å². The molecule has 0 saturated heterocycles. The van der Waals surface area contributed by atoms with E-state index in [0.717, 1.165) is 77.2 Å². The van der Waals surface area contributed by atoms with E-state index >= 15 is 0 Å². The summed E-state index contributed by atoms with van der Waals surface area (Å²) in [5, 5.41) is 4.18. The van der Waals surface area contributed by atoms with E-state index in [2.05, 4.69) is 91.0 Å². The van der Waals surface area contributed by atoms with Crippen LogP contribution in [0.1, 0.15) is 5.48 Å². The van der Waals surface area contributed by atoms with Crippen LogP contribution in [0.15, 0.2) is 241 Å². The molecule has 1 aromatic heterocycles. The minimum Gasteiger partial charge on any atom is -0.455 e. The van der Waals surface area contributed by atoms with Crippen LogP contribution in [0, 0.1) is 0 Å². The summed E-state index contributed by atoms with van der Waals surface area (Å²) in [5.74, 6) is 0. The molecule has 0 fully saturated rings. The van der Waals surface area contributed by atoms with Crippen molar-refractivity contribution in [1.29, 1.82) is 0 Å². The summed E-state index contributed by atoms with van der Waals surface area (Å²) in [6.45, 7) is 0. The molecule has 0 aliphatic heterocycles. The van der Waals surface area contributed by atoms with Gasteiger partial charge in [0, 0.05) is 33.2 Å². The van der Waals surface area contributed by atoms with Gasteiger partial charge in [-0.3, -0.25) is 0 Å². The third kappa shape index (κ3) is 6.51. The van der Waals surface area contributed by atoms with Gasteiger partial charge >= 0.3 is 0 Å². The molecular weight excluding hydrogens is 727 g/mol. The maximum absolute atomic E-state index is 9.63. The highest BCUT2D eigenvalue weighted by atomic mass is 16.3. The van der Waals surface area contributed by atoms with Crippen LogP contribution >= 0.6 is 0 Å². The second kappa shape index (κ2) is 15.1. The summed E-state index contributed by atoms with van der Waals surface area (Å²) in [6, 6.07) is 70.8. The highest BCUT2D eigenvalue weighted by Crippen LogP contribution is 2.43. The lowest BCUT2D eigenvalue weighted by Gasteiger charge is -2.26. The summed E-state index contributed by atoms with van der Waals surface area (Å²) in [7, 11) is 0. The predicted molar refractivity (Wildman–Crippen MR) is 253 cm³/mol. The van der Waals surface area contributed by atoms with Crippen LogP contribution < -0.4 is 4.90 Å². The highest BCUT2D eigenvalue weighted by Gasteiger charge is 2.18. The molecule has 0 N–H and O–H groups in total. The van der Waals surface area contributed by atoms with Crippen molar-refractivity contribution in [1.82, 2.24) is 0 Å². The molecule has 2 heteroatoms. The predicted octanol–water partition coefficient (Wildman–Crippen LogP) is 16.5. The zero-order chi connectivity index (χ0) is 43.3. The maximum Gasteiger partial charge on any atom is 0.143 e. The Labute approximate surface area is 355 Å². The zero-order valence-electron chi connectivity index (χ0n) is 36.6. The summed E-state index contributed by atoms with van der Waals surface area (Å²) in [6.07, 6.45) is 0. The first-order chi connectivity index (χ1) is 31.4. The van der Waals surface area contributed by atoms with Crippen molar-refractivity contribution in [2.75, 3.05) is 4.90 Å². The van der Waals surface area contributed by atoms with Gasteiger partial charge in [0.15, 0.2) is 0 Å². The normalized spacial score (nSPS) is 12.3. The second-order valence-corrected chi connectivity index (χ2v) is 15.0. The van der Waals surface area contributed by atoms with Gasteiger partial charge < -0.3 is 9.32 Å². The summed E-state index contributed by atoms with van der Waals surface area (Å²) >= 11 is 0. The lowest BCUT2D eigenvalue weighted by atomic mass is 9.97. The fourth-order valence-electron chi connectivity index (χ4n) is 8.35. The van der Waals surface area contributed by atoms with E-state index in [0.29, 0.717) is 16.9 Å². The summed E-state index contributed by atoms with van der Waals surface area (Å²) < 4.78 is 44.7. The first kappa shape index (κ1) is 31.1. The number of anilines is 3. The fraction of sp³-hybridized carbons (Fsp3) is 0. The molecule has 0 saturated carbocycles. The van der Waals surface area contributed by atoms with Crippen molar-refractivity contribution in [2.24, 2.45) is 0 Å². The van der Waals surface area contributed by atoms with Crippen molar-refractivity contribution in [3.8, 4) is 55.6 Å². The maximum atomic E-state index is 9.63. The van der Waals surface area contributed by atoms with E-state index in [1.165, 1.54) is 0 Å². The first-order valence-corrected chi connectivity index (χ1v) is 20.2. The Morgan fingerprint density at radius 3 is 1.62 bits per heavy atom. The topological polar surface area (TPSA) is 16.4 Å². The Balaban J connectivity index is 1.06. The molecule has 0 atom stereocenters. The van der Waals surface area contributed by atoms with Gasteiger partial charge in [-0.05, 0) is 116 Å². The van der Waals surface area contributed by atoms with Crippen molar-refractivity contribution < 1.29 is 9.90 Å². The zero-order valence-corrected chi connectivity index (χ0v) is 32.6. The largest absolute Gasteiger partial charge is 0.455 e. The molecule has 0 bridgehead atoms. The van der Waals surface area contributed by atoms with Gasteiger partial charge in [-0.2, -0.15) is 0 Å². The lowest BCUT2D eigenvalue weighted by molar-refractivity contribution is 0.673. The molecule has 1 heterocycles. The number of furan rings is 1. The van der Waals surface area contributed by atoms with Crippen LogP contribution in [0.3, 0.4) is 0 Å². The number of fused-ring (bicyclic) bond motifs is 5. The van der Waals surface area contributed by atoms with Crippen LogP contribution in [0.5, 0.6) is 0 Å². The summed E-state index contributed by atoms with van der Waals surface area (Å²) in [5.41, 5.74) is 12.3. The third-order valence-corrected chi connectivity index (χ3v) is 11.3. The van der Waals surface area contributed by atoms with Crippen molar-refractivity contribution in [2.45, 2.75) is 0 Å². The van der Waals surface area contributed by atoms with E-state index < -0.39 is 0 Å². The molecule has 0 spiro atoms. The highest BCUT2D eigenvalue weighted by molar-refractivity contribution is 6.19. The van der Waals surface area contributed by atoms with Crippen molar-refractivity contribution in [3.63, 3.8) is 0 Å². The molecule has 10 aromatic carbocycles. The molecule has 282 valence electrons. The lowest BCUT2D eigenvalue weighted by Crippen LogP contribution is -2.10. The molecule has 0 amide bonds. The Morgan fingerprint density at radius 1 is 0.333 bits per heavy atom. The van der Waals surface area contributed by atoms with Gasteiger partial charge in [-0.15, -0.1) is 0 Å². The number of rotatable bonds is 8. The Hall–Kier alpha value is -7.94. The average Bonchev–Trinajstić information content (AvgIpc) is 3.75. The molecular formula is C58H39NO. The number of benzene rings is 10. The van der Waals surface area contributed by atoms with E-state index in [1.54, 1.807) is 0 Å². The van der Waals surface area contributed by atoms with Crippen LogP contribution in [-0.4, -0.2) is 0 Å². The minimum absolute atomic E-state index is 0.110. The molecule has 11 aromatic rings. The smallest absolute Gasteiger partial charge is 0.143 e. The van der Waals surface area contributed by atoms with Gasteiger partial charge in [-0.1, -0.05) is 182 Å². The van der Waals surface area contributed by atoms with E-state index in [1.807, 2.05) is 126 Å². The monoisotopic (exact) mass is 769 g/mol. The quantitative estimate of drug-likeness (QED) is 0.153. The van der Waals surface area contributed by atoms with Crippen LogP contribution in [0.25, 0.3) is 88.3 Å². The van der Waals surface area contributed by atoms with Crippen LogP contribution in [0.2, 0.25) is 0 Å². The molecule has 11 rings (SSSR count). The van der Waals surface area contributed by atoms with E-state index in [9.17, 15) is 5.48 Å². The molecule has 0 aliphatic rings. The average molecular weight is 770 g/mol. The van der Waals surface area contributed by atoms with Gasteiger partial charge in [0.2, 0.25) is 0 Å². The van der Waals surface area contributed by atoms with Crippen LogP contribution in [0.4, 0.5) is 17.1 Å². The van der Waals surface area contributed by atoms with Crippen LogP contribution in [-0.2, 0) is 0 Å². The van der Waals surface area contributed by atoms with Crippen molar-refractivity contribution >= 4 is 49.8 Å². The Kier molecular flexibility index (Phi) is 7.83. The second-order valence-electron chi connectivity index (χ2n) is 15.0. The Bertz CT molecular complexity index is 3500. The first-order valence-electron chi connectivity index (χ1n) is 22.2. The minimum atomic E-state index is -0.136. The number of hydrogen-bond acceptors (Lipinski definition) is 2. The number of nitrogens with zero attached hydrogens (tertiary/aromatic N) is 1. The fourth-order valence-corrected chi connectivity index (χ4v) is 8.35. The molecule has 0 aliphatic carbocycles.